The molecule has 25 heavy (non-hydrogen) atoms. The van der Waals surface area contributed by atoms with Crippen molar-refractivity contribution in [3.05, 3.63) is 76.5 Å². The van der Waals surface area contributed by atoms with Gasteiger partial charge in [-0.1, -0.05) is 30.3 Å². The Hall–Kier alpha value is -3.41. The van der Waals surface area contributed by atoms with Crippen molar-refractivity contribution in [1.29, 1.82) is 0 Å². The van der Waals surface area contributed by atoms with E-state index in [9.17, 15) is 9.59 Å². The number of aromatic nitrogens is 2. The molecule has 1 N–H and O–H groups in total. The summed E-state index contributed by atoms with van der Waals surface area (Å²) in [4.78, 5) is 31.5. The van der Waals surface area contributed by atoms with Crippen LogP contribution in [-0.2, 0) is 4.74 Å². The van der Waals surface area contributed by atoms with E-state index < -0.39 is 12.1 Å². The summed E-state index contributed by atoms with van der Waals surface area (Å²) in [7, 11) is 0. The van der Waals surface area contributed by atoms with E-state index in [1.807, 2.05) is 18.2 Å². The third kappa shape index (κ3) is 2.78. The Kier molecular flexibility index (Phi) is 3.57. The van der Waals surface area contributed by atoms with E-state index in [0.29, 0.717) is 16.5 Å². The number of nitrogens with zero attached hydrogens (tertiary/aromatic N) is 1. The number of fused-ring (bicyclic) bond motifs is 2. The number of carbonyl (C=O) groups is 1. The highest BCUT2D eigenvalue weighted by atomic mass is 16.6. The van der Waals surface area contributed by atoms with Gasteiger partial charge in [-0.3, -0.25) is 4.79 Å². The standard InChI is InChI=1S/C19H14N2O4/c1-11(17-20-14-8-4-3-7-13(14)18(22)21-17)24-19(23)16-10-12-6-2-5-9-15(12)25-16/h2-11H,1H3,(H,20,21,22)/t11-/m0/s1. The second kappa shape index (κ2) is 5.90. The fraction of sp³-hybridized carbons (Fsp3) is 0.105. The quantitative estimate of drug-likeness (QED) is 0.579. The number of rotatable bonds is 3. The normalized spacial score (nSPS) is 12.4. The minimum atomic E-state index is -0.724. The Bertz CT molecular complexity index is 1110. The summed E-state index contributed by atoms with van der Waals surface area (Å²) < 4.78 is 10.9. The summed E-state index contributed by atoms with van der Waals surface area (Å²) in [5.41, 5.74) is 0.888. The number of carbonyl (C=O) groups excluding carboxylic acids is 1. The first-order valence-electron chi connectivity index (χ1n) is 7.80. The molecule has 6 heteroatoms. The van der Waals surface area contributed by atoms with Gasteiger partial charge in [0.05, 0.1) is 10.9 Å². The lowest BCUT2D eigenvalue weighted by molar-refractivity contribution is 0.0286. The third-order valence-electron chi connectivity index (χ3n) is 3.93. The van der Waals surface area contributed by atoms with Gasteiger partial charge in [0, 0.05) is 5.39 Å². The molecule has 2 aromatic carbocycles. The number of ether oxygens (including phenoxy) is 1. The molecule has 6 nitrogen and oxygen atoms in total. The summed E-state index contributed by atoms with van der Waals surface area (Å²) in [6.45, 7) is 1.65. The first-order chi connectivity index (χ1) is 12.1. The van der Waals surface area contributed by atoms with Crippen LogP contribution >= 0.6 is 0 Å². The highest BCUT2D eigenvalue weighted by Gasteiger charge is 2.19. The van der Waals surface area contributed by atoms with E-state index in [0.717, 1.165) is 5.39 Å². The Morgan fingerprint density at radius 2 is 1.92 bits per heavy atom. The van der Waals surface area contributed by atoms with E-state index in [-0.39, 0.29) is 17.1 Å². The second-order valence-electron chi connectivity index (χ2n) is 5.66. The van der Waals surface area contributed by atoms with Gasteiger partial charge in [-0.05, 0) is 31.2 Å². The molecule has 0 radical (unpaired) electrons. The average Bonchev–Trinajstić information content (AvgIpc) is 3.06. The van der Waals surface area contributed by atoms with Crippen LogP contribution in [0.1, 0.15) is 29.4 Å². The van der Waals surface area contributed by atoms with Crippen LogP contribution in [0.15, 0.2) is 63.8 Å². The van der Waals surface area contributed by atoms with E-state index >= 15 is 0 Å². The number of hydrogen-bond donors (Lipinski definition) is 1. The number of hydrogen-bond acceptors (Lipinski definition) is 5. The molecule has 0 aliphatic heterocycles. The number of esters is 1. The zero-order valence-corrected chi connectivity index (χ0v) is 13.4. The molecule has 0 saturated heterocycles. The van der Waals surface area contributed by atoms with Crippen LogP contribution in [0.25, 0.3) is 21.9 Å². The number of nitrogens with one attached hydrogen (secondary N) is 1. The largest absolute Gasteiger partial charge is 0.449 e. The second-order valence-corrected chi connectivity index (χ2v) is 5.66. The predicted molar refractivity (Wildman–Crippen MR) is 92.4 cm³/mol. The summed E-state index contributed by atoms with van der Waals surface area (Å²) in [5, 5.41) is 1.31. The van der Waals surface area contributed by atoms with E-state index in [2.05, 4.69) is 9.97 Å². The summed E-state index contributed by atoms with van der Waals surface area (Å²) >= 11 is 0. The summed E-state index contributed by atoms with van der Waals surface area (Å²) in [6.07, 6.45) is -0.724. The lowest BCUT2D eigenvalue weighted by Gasteiger charge is -2.12. The van der Waals surface area contributed by atoms with Crippen molar-refractivity contribution in [2.45, 2.75) is 13.0 Å². The maximum absolute atomic E-state index is 12.3. The highest BCUT2D eigenvalue weighted by molar-refractivity contribution is 5.92. The number of H-pyrrole nitrogens is 1. The third-order valence-corrected chi connectivity index (χ3v) is 3.93. The number of para-hydroxylation sites is 2. The van der Waals surface area contributed by atoms with Crippen molar-refractivity contribution in [2.24, 2.45) is 0 Å². The van der Waals surface area contributed by atoms with Crippen LogP contribution in [0.2, 0.25) is 0 Å². The van der Waals surface area contributed by atoms with Crippen molar-refractivity contribution in [1.82, 2.24) is 9.97 Å². The molecule has 2 aromatic heterocycles. The van der Waals surface area contributed by atoms with Crippen molar-refractivity contribution in [3.8, 4) is 0 Å². The van der Waals surface area contributed by atoms with Gasteiger partial charge >= 0.3 is 5.97 Å². The Morgan fingerprint density at radius 1 is 1.16 bits per heavy atom. The minimum absolute atomic E-state index is 0.108. The zero-order valence-electron chi connectivity index (χ0n) is 13.4. The molecule has 0 saturated carbocycles. The Balaban J connectivity index is 1.62. The maximum atomic E-state index is 12.3. The van der Waals surface area contributed by atoms with Gasteiger partial charge < -0.3 is 14.1 Å². The molecular formula is C19H14N2O4. The van der Waals surface area contributed by atoms with Gasteiger partial charge in [-0.25, -0.2) is 9.78 Å². The van der Waals surface area contributed by atoms with Gasteiger partial charge in [-0.2, -0.15) is 0 Å². The van der Waals surface area contributed by atoms with Crippen molar-refractivity contribution in [3.63, 3.8) is 0 Å². The predicted octanol–water partition coefficient (Wildman–Crippen LogP) is 3.59. The van der Waals surface area contributed by atoms with Crippen molar-refractivity contribution >= 4 is 27.8 Å². The van der Waals surface area contributed by atoms with Gasteiger partial charge in [0.25, 0.3) is 5.56 Å². The van der Waals surface area contributed by atoms with Gasteiger partial charge in [0.2, 0.25) is 5.76 Å². The fourth-order valence-corrected chi connectivity index (χ4v) is 2.65. The van der Waals surface area contributed by atoms with Crippen molar-refractivity contribution < 1.29 is 13.9 Å². The molecule has 0 amide bonds. The molecule has 124 valence electrons. The Labute approximate surface area is 142 Å². The molecule has 0 spiro atoms. The molecule has 0 aliphatic carbocycles. The van der Waals surface area contributed by atoms with Crippen LogP contribution in [0, 0.1) is 0 Å². The number of furan rings is 1. The topological polar surface area (TPSA) is 85.2 Å². The van der Waals surface area contributed by atoms with Crippen LogP contribution < -0.4 is 5.56 Å². The van der Waals surface area contributed by atoms with Gasteiger partial charge in [0.1, 0.15) is 5.58 Å². The lowest BCUT2D eigenvalue weighted by Crippen LogP contribution is -2.17. The van der Waals surface area contributed by atoms with Crippen LogP contribution in [0.3, 0.4) is 0 Å². The van der Waals surface area contributed by atoms with Gasteiger partial charge in [-0.15, -0.1) is 0 Å². The van der Waals surface area contributed by atoms with Crippen LogP contribution in [0.5, 0.6) is 0 Å². The monoisotopic (exact) mass is 334 g/mol. The molecule has 0 fully saturated rings. The minimum Gasteiger partial charge on any atom is -0.449 e. The fourth-order valence-electron chi connectivity index (χ4n) is 2.65. The molecule has 1 atom stereocenters. The molecule has 0 unspecified atom stereocenters. The van der Waals surface area contributed by atoms with Crippen LogP contribution in [0.4, 0.5) is 0 Å². The molecule has 0 bridgehead atoms. The van der Waals surface area contributed by atoms with Crippen LogP contribution in [-0.4, -0.2) is 15.9 Å². The molecule has 4 aromatic rings. The first-order valence-corrected chi connectivity index (χ1v) is 7.80. The molecule has 4 rings (SSSR count). The Morgan fingerprint density at radius 3 is 2.76 bits per heavy atom. The molecule has 2 heterocycles. The first kappa shape index (κ1) is 15.1. The number of benzene rings is 2. The van der Waals surface area contributed by atoms with E-state index in [1.165, 1.54) is 0 Å². The molecule has 0 aliphatic rings. The van der Waals surface area contributed by atoms with E-state index in [1.54, 1.807) is 43.3 Å². The highest BCUT2D eigenvalue weighted by Crippen LogP contribution is 2.22. The van der Waals surface area contributed by atoms with Gasteiger partial charge in [0.15, 0.2) is 11.9 Å². The smallest absolute Gasteiger partial charge is 0.374 e. The average molecular weight is 334 g/mol. The SMILES string of the molecule is C[C@H](OC(=O)c1cc2ccccc2o1)c1nc2ccccc2c(=O)[nH]1. The maximum Gasteiger partial charge on any atom is 0.374 e. The van der Waals surface area contributed by atoms with Crippen molar-refractivity contribution in [2.75, 3.05) is 0 Å². The summed E-state index contributed by atoms with van der Waals surface area (Å²) in [6, 6.07) is 15.9. The summed E-state index contributed by atoms with van der Waals surface area (Å²) in [5.74, 6) is -0.219. The zero-order chi connectivity index (χ0) is 17.4. The van der Waals surface area contributed by atoms with E-state index in [4.69, 9.17) is 9.15 Å². The lowest BCUT2D eigenvalue weighted by atomic mass is 10.2. The molecular weight excluding hydrogens is 320 g/mol. The number of aromatic amines is 1.